The van der Waals surface area contributed by atoms with Crippen molar-refractivity contribution in [1.82, 2.24) is 20.1 Å². The van der Waals surface area contributed by atoms with Gasteiger partial charge in [0.05, 0.1) is 27.3 Å². The van der Waals surface area contributed by atoms with Gasteiger partial charge in [0.1, 0.15) is 0 Å². The summed E-state index contributed by atoms with van der Waals surface area (Å²) >= 11 is 12.3. The number of halogens is 2. The van der Waals surface area contributed by atoms with Crippen molar-refractivity contribution in [2.75, 3.05) is 0 Å². The van der Waals surface area contributed by atoms with E-state index in [1.165, 1.54) is 25.2 Å². The molecule has 7 heteroatoms. The highest BCUT2D eigenvalue weighted by atomic mass is 35.5. The standard InChI is InChI=1S/C21H22Cl2N4O/c1-2-19-15-8-7-13(9-20(15)27(26-19)14-5-3-4-6-14)21(28)25-10-16-17(22)11-24-12-18(16)23/h7-9,11-12,14H,2-6,10H2,1H3,(H,25,28). The quantitative estimate of drug-likeness (QED) is 0.609. The third-order valence-electron chi connectivity index (χ3n) is 5.43. The molecule has 1 N–H and O–H groups in total. The zero-order valence-corrected chi connectivity index (χ0v) is 17.2. The minimum Gasteiger partial charge on any atom is -0.348 e. The van der Waals surface area contributed by atoms with Gasteiger partial charge < -0.3 is 5.32 Å². The van der Waals surface area contributed by atoms with E-state index in [4.69, 9.17) is 28.3 Å². The van der Waals surface area contributed by atoms with E-state index in [1.807, 2.05) is 18.2 Å². The Balaban J connectivity index is 1.61. The monoisotopic (exact) mass is 416 g/mol. The van der Waals surface area contributed by atoms with Gasteiger partial charge in [-0.2, -0.15) is 5.10 Å². The summed E-state index contributed by atoms with van der Waals surface area (Å²) in [5.74, 6) is -0.164. The van der Waals surface area contributed by atoms with Crippen molar-refractivity contribution < 1.29 is 4.79 Å². The molecule has 0 atom stereocenters. The molecule has 146 valence electrons. The molecular formula is C21H22Cl2N4O. The van der Waals surface area contributed by atoms with E-state index in [2.05, 4.69) is 21.9 Å². The topological polar surface area (TPSA) is 59.8 Å². The SMILES string of the molecule is CCc1nn(C2CCCC2)c2cc(C(=O)NCc3c(Cl)cncc3Cl)ccc12. The fraction of sp³-hybridized carbons (Fsp3) is 0.381. The number of rotatable bonds is 5. The fourth-order valence-electron chi connectivity index (χ4n) is 3.91. The summed E-state index contributed by atoms with van der Waals surface area (Å²) < 4.78 is 2.13. The number of benzene rings is 1. The Labute approximate surface area is 174 Å². The number of nitrogens with zero attached hydrogens (tertiary/aromatic N) is 3. The lowest BCUT2D eigenvalue weighted by Crippen LogP contribution is -2.23. The van der Waals surface area contributed by atoms with Crippen molar-refractivity contribution in [3.05, 3.63) is 57.5 Å². The maximum absolute atomic E-state index is 12.8. The predicted octanol–water partition coefficient (Wildman–Crippen LogP) is 5.35. The molecule has 0 unspecified atom stereocenters. The molecule has 0 saturated heterocycles. The van der Waals surface area contributed by atoms with Crippen molar-refractivity contribution in [3.8, 4) is 0 Å². The van der Waals surface area contributed by atoms with Crippen molar-refractivity contribution in [2.24, 2.45) is 0 Å². The number of fused-ring (bicyclic) bond motifs is 1. The van der Waals surface area contributed by atoms with Crippen LogP contribution in [-0.2, 0) is 13.0 Å². The van der Waals surface area contributed by atoms with Gasteiger partial charge in [0.2, 0.25) is 0 Å². The Bertz CT molecular complexity index is 1000. The minimum atomic E-state index is -0.164. The molecule has 1 amide bonds. The van der Waals surface area contributed by atoms with E-state index in [-0.39, 0.29) is 12.5 Å². The molecule has 3 aromatic rings. The van der Waals surface area contributed by atoms with Crippen LogP contribution in [0, 0.1) is 0 Å². The number of aromatic nitrogens is 3. The summed E-state index contributed by atoms with van der Waals surface area (Å²) in [4.78, 5) is 16.7. The van der Waals surface area contributed by atoms with Gasteiger partial charge in [-0.1, -0.05) is 49.0 Å². The second kappa shape index (κ2) is 8.10. The van der Waals surface area contributed by atoms with Gasteiger partial charge in [-0.3, -0.25) is 14.5 Å². The number of carbonyl (C=O) groups is 1. The van der Waals surface area contributed by atoms with Gasteiger partial charge >= 0.3 is 0 Å². The first-order chi connectivity index (χ1) is 13.6. The average Bonchev–Trinajstić information content (AvgIpc) is 3.34. The molecule has 4 rings (SSSR count). The van der Waals surface area contributed by atoms with Crippen molar-refractivity contribution >= 4 is 40.0 Å². The first kappa shape index (κ1) is 19.2. The maximum Gasteiger partial charge on any atom is 0.251 e. The van der Waals surface area contributed by atoms with Gasteiger partial charge in [-0.15, -0.1) is 0 Å². The van der Waals surface area contributed by atoms with Crippen LogP contribution in [0.5, 0.6) is 0 Å². The van der Waals surface area contributed by atoms with Gasteiger partial charge in [0, 0.05) is 35.5 Å². The second-order valence-corrected chi connectivity index (χ2v) is 7.99. The van der Waals surface area contributed by atoms with Crippen molar-refractivity contribution in [1.29, 1.82) is 0 Å². The summed E-state index contributed by atoms with van der Waals surface area (Å²) in [5.41, 5.74) is 3.40. The third-order valence-corrected chi connectivity index (χ3v) is 6.08. The molecule has 1 fully saturated rings. The highest BCUT2D eigenvalue weighted by Gasteiger charge is 2.22. The predicted molar refractivity (Wildman–Crippen MR) is 112 cm³/mol. The van der Waals surface area contributed by atoms with Crippen LogP contribution in [0.2, 0.25) is 10.0 Å². The first-order valence-corrected chi connectivity index (χ1v) is 10.4. The molecule has 2 heterocycles. The largest absolute Gasteiger partial charge is 0.348 e. The van der Waals surface area contributed by atoms with Crippen LogP contribution >= 0.6 is 23.2 Å². The van der Waals surface area contributed by atoms with Gasteiger partial charge in [-0.05, 0) is 31.4 Å². The highest BCUT2D eigenvalue weighted by Crippen LogP contribution is 2.33. The highest BCUT2D eigenvalue weighted by molar-refractivity contribution is 6.35. The normalized spacial score (nSPS) is 14.7. The van der Waals surface area contributed by atoms with Crippen LogP contribution in [0.15, 0.2) is 30.6 Å². The molecule has 2 aromatic heterocycles. The van der Waals surface area contributed by atoms with Crippen LogP contribution in [0.25, 0.3) is 10.9 Å². The molecule has 1 aliphatic carbocycles. The van der Waals surface area contributed by atoms with E-state index in [1.54, 1.807) is 0 Å². The Morgan fingerprint density at radius 3 is 2.61 bits per heavy atom. The Morgan fingerprint density at radius 1 is 1.21 bits per heavy atom. The summed E-state index contributed by atoms with van der Waals surface area (Å²) in [6.45, 7) is 2.36. The number of hydrogen-bond donors (Lipinski definition) is 1. The molecule has 0 aliphatic heterocycles. The molecule has 1 aliphatic rings. The van der Waals surface area contributed by atoms with Crippen molar-refractivity contribution in [2.45, 2.75) is 51.6 Å². The van der Waals surface area contributed by atoms with Gasteiger partial charge in [0.15, 0.2) is 0 Å². The van der Waals surface area contributed by atoms with E-state index in [9.17, 15) is 4.79 Å². The Kier molecular flexibility index (Phi) is 5.56. The zero-order valence-electron chi connectivity index (χ0n) is 15.7. The maximum atomic E-state index is 12.8. The summed E-state index contributed by atoms with van der Waals surface area (Å²) in [6, 6.07) is 6.24. The number of aryl methyl sites for hydroxylation is 1. The third kappa shape index (κ3) is 3.61. The van der Waals surface area contributed by atoms with E-state index < -0.39 is 0 Å². The summed E-state index contributed by atoms with van der Waals surface area (Å²) in [5, 5.41) is 9.77. The lowest BCUT2D eigenvalue weighted by atomic mass is 10.1. The van der Waals surface area contributed by atoms with E-state index >= 15 is 0 Å². The van der Waals surface area contributed by atoms with E-state index in [0.717, 1.165) is 35.9 Å². The number of carbonyl (C=O) groups excluding carboxylic acids is 1. The number of amides is 1. The lowest BCUT2D eigenvalue weighted by Gasteiger charge is -2.12. The van der Waals surface area contributed by atoms with Gasteiger partial charge in [0.25, 0.3) is 5.91 Å². The fourth-order valence-corrected chi connectivity index (χ4v) is 4.41. The number of pyridine rings is 1. The molecule has 5 nitrogen and oxygen atoms in total. The second-order valence-electron chi connectivity index (χ2n) is 7.18. The lowest BCUT2D eigenvalue weighted by molar-refractivity contribution is 0.0951. The van der Waals surface area contributed by atoms with Crippen LogP contribution < -0.4 is 5.32 Å². The Morgan fingerprint density at radius 2 is 1.93 bits per heavy atom. The molecule has 28 heavy (non-hydrogen) atoms. The molecule has 0 radical (unpaired) electrons. The average molecular weight is 417 g/mol. The first-order valence-electron chi connectivity index (χ1n) is 9.65. The smallest absolute Gasteiger partial charge is 0.251 e. The van der Waals surface area contributed by atoms with Crippen LogP contribution in [-0.4, -0.2) is 20.7 Å². The van der Waals surface area contributed by atoms with Crippen LogP contribution in [0.4, 0.5) is 0 Å². The van der Waals surface area contributed by atoms with Crippen LogP contribution in [0.1, 0.15) is 60.3 Å². The summed E-state index contributed by atoms with van der Waals surface area (Å²) in [6.07, 6.45) is 8.69. The number of nitrogens with one attached hydrogen (secondary N) is 1. The minimum absolute atomic E-state index is 0.164. The summed E-state index contributed by atoms with van der Waals surface area (Å²) in [7, 11) is 0. The van der Waals surface area contributed by atoms with E-state index in [0.29, 0.717) is 27.2 Å². The molecular weight excluding hydrogens is 395 g/mol. The Hall–Kier alpha value is -2.11. The molecule has 1 saturated carbocycles. The van der Waals surface area contributed by atoms with Crippen LogP contribution in [0.3, 0.4) is 0 Å². The molecule has 0 bridgehead atoms. The molecule has 1 aromatic carbocycles. The van der Waals surface area contributed by atoms with Gasteiger partial charge in [-0.25, -0.2) is 0 Å². The molecule has 0 spiro atoms. The zero-order chi connectivity index (χ0) is 19.7. The van der Waals surface area contributed by atoms with Crippen molar-refractivity contribution in [3.63, 3.8) is 0 Å². The number of hydrogen-bond acceptors (Lipinski definition) is 3.